The third-order valence-electron chi connectivity index (χ3n) is 6.24. The summed E-state index contributed by atoms with van der Waals surface area (Å²) in [7, 11) is 0. The zero-order valence-corrected chi connectivity index (χ0v) is 20.5. The molecule has 1 amide bonds. The van der Waals surface area contributed by atoms with Crippen molar-refractivity contribution in [3.8, 4) is 0 Å². The molecule has 0 atom stereocenters. The molecule has 8 heteroatoms. The van der Waals surface area contributed by atoms with E-state index in [9.17, 15) is 9.59 Å². The molecular formula is C26H26ClN3O3S. The molecule has 176 valence electrons. The first-order valence-corrected chi connectivity index (χ1v) is 12.7. The van der Waals surface area contributed by atoms with Gasteiger partial charge in [0.25, 0.3) is 5.91 Å². The van der Waals surface area contributed by atoms with Gasteiger partial charge in [-0.05, 0) is 56.3 Å². The standard InChI is InChI=1S/C26H26ClN3O3S/c1-17-6-7-22-20(14-17)24-21(26(32)33-22)16-23(34-24)25(31)28-8-3-9-29-10-12-30(13-11-29)19-5-2-4-18(27)15-19/h2,4-7,14-16H,3,8-13H2,1H3,(H,28,31). The first kappa shape index (κ1) is 22.9. The van der Waals surface area contributed by atoms with Crippen LogP contribution < -0.4 is 15.8 Å². The van der Waals surface area contributed by atoms with Crippen molar-refractivity contribution in [1.29, 1.82) is 0 Å². The fraction of sp³-hybridized carbons (Fsp3) is 0.308. The van der Waals surface area contributed by atoms with E-state index in [1.807, 2.05) is 37.3 Å². The van der Waals surface area contributed by atoms with Crippen molar-refractivity contribution in [2.24, 2.45) is 0 Å². The number of anilines is 1. The predicted octanol–water partition coefficient (Wildman–Crippen LogP) is 4.91. The lowest BCUT2D eigenvalue weighted by molar-refractivity contribution is 0.0955. The largest absolute Gasteiger partial charge is 0.422 e. The van der Waals surface area contributed by atoms with E-state index in [1.165, 1.54) is 17.0 Å². The maximum absolute atomic E-state index is 12.7. The molecule has 1 fully saturated rings. The van der Waals surface area contributed by atoms with Crippen LogP contribution in [-0.2, 0) is 0 Å². The molecule has 0 aliphatic carbocycles. The lowest BCUT2D eigenvalue weighted by Crippen LogP contribution is -2.47. The smallest absolute Gasteiger partial charge is 0.345 e. The Labute approximate surface area is 206 Å². The van der Waals surface area contributed by atoms with Gasteiger partial charge in [0, 0.05) is 48.8 Å². The Hall–Kier alpha value is -2.87. The van der Waals surface area contributed by atoms with E-state index in [0.717, 1.165) is 59.8 Å². The third kappa shape index (κ3) is 4.82. The fourth-order valence-corrected chi connectivity index (χ4v) is 5.68. The summed E-state index contributed by atoms with van der Waals surface area (Å²) in [6.07, 6.45) is 0.873. The van der Waals surface area contributed by atoms with Crippen LogP contribution in [0.4, 0.5) is 5.69 Å². The van der Waals surface area contributed by atoms with Crippen molar-refractivity contribution in [3.63, 3.8) is 0 Å². The van der Waals surface area contributed by atoms with Crippen LogP contribution in [0.1, 0.15) is 21.7 Å². The highest BCUT2D eigenvalue weighted by atomic mass is 35.5. The second kappa shape index (κ2) is 9.78. The van der Waals surface area contributed by atoms with Gasteiger partial charge in [0.15, 0.2) is 0 Å². The Morgan fingerprint density at radius 2 is 1.91 bits per heavy atom. The number of rotatable bonds is 6. The minimum Gasteiger partial charge on any atom is -0.422 e. The number of piperazine rings is 1. The van der Waals surface area contributed by atoms with E-state index in [4.69, 9.17) is 16.0 Å². The van der Waals surface area contributed by atoms with Crippen molar-refractivity contribution in [2.75, 3.05) is 44.2 Å². The van der Waals surface area contributed by atoms with Crippen LogP contribution in [-0.4, -0.2) is 50.1 Å². The monoisotopic (exact) mass is 495 g/mol. The van der Waals surface area contributed by atoms with E-state index < -0.39 is 5.63 Å². The molecule has 1 N–H and O–H groups in total. The van der Waals surface area contributed by atoms with Gasteiger partial charge in [0.1, 0.15) is 5.58 Å². The summed E-state index contributed by atoms with van der Waals surface area (Å²) >= 11 is 7.46. The Kier molecular flexibility index (Phi) is 6.59. The Morgan fingerprint density at radius 1 is 1.09 bits per heavy atom. The highest BCUT2D eigenvalue weighted by Gasteiger charge is 2.18. The van der Waals surface area contributed by atoms with Crippen LogP contribution >= 0.6 is 22.9 Å². The van der Waals surface area contributed by atoms with Gasteiger partial charge < -0.3 is 14.6 Å². The topological polar surface area (TPSA) is 65.8 Å². The summed E-state index contributed by atoms with van der Waals surface area (Å²) in [4.78, 5) is 30.4. The second-order valence-corrected chi connectivity index (χ2v) is 10.1. The highest BCUT2D eigenvalue weighted by Crippen LogP contribution is 2.31. The summed E-state index contributed by atoms with van der Waals surface area (Å²) in [5.41, 5.74) is 2.39. The minimum atomic E-state index is -0.404. The molecular weight excluding hydrogens is 470 g/mol. The summed E-state index contributed by atoms with van der Waals surface area (Å²) in [5.74, 6) is -0.146. The molecule has 0 spiro atoms. The Morgan fingerprint density at radius 3 is 2.71 bits per heavy atom. The number of nitrogens with one attached hydrogen (secondary N) is 1. The summed E-state index contributed by atoms with van der Waals surface area (Å²) in [6.45, 7) is 7.42. The van der Waals surface area contributed by atoms with Gasteiger partial charge in [-0.1, -0.05) is 29.3 Å². The van der Waals surface area contributed by atoms with Crippen molar-refractivity contribution >= 4 is 55.6 Å². The van der Waals surface area contributed by atoms with E-state index in [-0.39, 0.29) is 5.91 Å². The number of nitrogens with zero attached hydrogens (tertiary/aromatic N) is 2. The van der Waals surface area contributed by atoms with E-state index >= 15 is 0 Å². The number of hydrogen-bond donors (Lipinski definition) is 1. The van der Waals surface area contributed by atoms with Crippen LogP contribution in [0.2, 0.25) is 5.02 Å². The summed E-state index contributed by atoms with van der Waals surface area (Å²) < 4.78 is 6.24. The van der Waals surface area contributed by atoms with Crippen molar-refractivity contribution < 1.29 is 9.21 Å². The molecule has 0 unspecified atom stereocenters. The lowest BCUT2D eigenvalue weighted by Gasteiger charge is -2.36. The normalized spacial score (nSPS) is 14.7. The van der Waals surface area contributed by atoms with Crippen molar-refractivity contribution in [3.05, 3.63) is 74.4 Å². The molecule has 1 aliphatic rings. The number of amides is 1. The van der Waals surface area contributed by atoms with E-state index in [0.29, 0.717) is 22.4 Å². The van der Waals surface area contributed by atoms with Crippen LogP contribution in [0.15, 0.2) is 57.7 Å². The SMILES string of the molecule is Cc1ccc2oc(=O)c3cc(C(=O)NCCCN4CCN(c5cccc(Cl)c5)CC4)sc3c2c1. The molecule has 0 bridgehead atoms. The maximum Gasteiger partial charge on any atom is 0.345 e. The van der Waals surface area contributed by atoms with Gasteiger partial charge in [-0.3, -0.25) is 9.69 Å². The van der Waals surface area contributed by atoms with Gasteiger partial charge >= 0.3 is 5.63 Å². The molecule has 0 radical (unpaired) electrons. The van der Waals surface area contributed by atoms with Crippen LogP contribution in [0.5, 0.6) is 0 Å². The first-order chi connectivity index (χ1) is 16.5. The van der Waals surface area contributed by atoms with E-state index in [1.54, 1.807) is 12.1 Å². The number of benzene rings is 2. The zero-order chi connectivity index (χ0) is 23.7. The number of thiophene rings is 1. The van der Waals surface area contributed by atoms with Gasteiger partial charge in [-0.25, -0.2) is 4.79 Å². The van der Waals surface area contributed by atoms with Crippen molar-refractivity contribution in [2.45, 2.75) is 13.3 Å². The molecule has 0 saturated carbocycles. The average molecular weight is 496 g/mol. The average Bonchev–Trinajstić information content (AvgIpc) is 3.29. The first-order valence-electron chi connectivity index (χ1n) is 11.5. The van der Waals surface area contributed by atoms with Gasteiger partial charge in [-0.15, -0.1) is 11.3 Å². The van der Waals surface area contributed by atoms with Crippen molar-refractivity contribution in [1.82, 2.24) is 10.2 Å². The molecule has 2 aromatic heterocycles. The lowest BCUT2D eigenvalue weighted by atomic mass is 10.1. The number of aryl methyl sites for hydroxylation is 1. The minimum absolute atomic E-state index is 0.146. The van der Waals surface area contributed by atoms with Gasteiger partial charge in [-0.2, -0.15) is 0 Å². The quantitative estimate of drug-likeness (QED) is 0.304. The third-order valence-corrected chi connectivity index (χ3v) is 7.64. The van der Waals surface area contributed by atoms with Gasteiger partial charge in [0.05, 0.1) is 15.0 Å². The van der Waals surface area contributed by atoms with Crippen LogP contribution in [0, 0.1) is 6.92 Å². The number of carbonyl (C=O) groups is 1. The highest BCUT2D eigenvalue weighted by molar-refractivity contribution is 7.21. The predicted molar refractivity (Wildman–Crippen MR) is 140 cm³/mol. The number of fused-ring (bicyclic) bond motifs is 3. The maximum atomic E-state index is 12.7. The molecule has 6 nitrogen and oxygen atoms in total. The Bertz CT molecular complexity index is 1410. The number of carbonyl (C=O) groups excluding carboxylic acids is 1. The number of halogens is 1. The molecule has 1 aliphatic heterocycles. The molecule has 34 heavy (non-hydrogen) atoms. The molecule has 1 saturated heterocycles. The molecule has 2 aromatic carbocycles. The molecule has 4 aromatic rings. The van der Waals surface area contributed by atoms with Crippen LogP contribution in [0.25, 0.3) is 21.1 Å². The summed E-state index contributed by atoms with van der Waals surface area (Å²) in [6, 6.07) is 15.3. The second-order valence-electron chi connectivity index (χ2n) is 8.66. The number of hydrogen-bond acceptors (Lipinski definition) is 6. The zero-order valence-electron chi connectivity index (χ0n) is 19.0. The Balaban J connectivity index is 1.14. The van der Waals surface area contributed by atoms with Crippen LogP contribution in [0.3, 0.4) is 0 Å². The van der Waals surface area contributed by atoms with Gasteiger partial charge in [0.2, 0.25) is 0 Å². The molecule has 3 heterocycles. The molecule has 5 rings (SSSR count). The summed E-state index contributed by atoms with van der Waals surface area (Å²) in [5, 5.41) is 5.10. The fourth-order valence-electron chi connectivity index (χ4n) is 4.41. The van der Waals surface area contributed by atoms with E-state index in [2.05, 4.69) is 21.2 Å².